The number of hydrogen-bond acceptors (Lipinski definition) is 5. The molecule has 21 heavy (non-hydrogen) atoms. The van der Waals surface area contributed by atoms with Crippen molar-refractivity contribution < 1.29 is 19.1 Å². The number of hydrogen-bond donors (Lipinski definition) is 0. The van der Waals surface area contributed by atoms with E-state index in [9.17, 15) is 14.4 Å². The predicted octanol–water partition coefficient (Wildman–Crippen LogP) is 2.22. The van der Waals surface area contributed by atoms with Gasteiger partial charge in [-0.15, -0.1) is 0 Å². The van der Waals surface area contributed by atoms with Gasteiger partial charge in [0, 0.05) is 18.7 Å². The molecule has 5 heteroatoms. The van der Waals surface area contributed by atoms with Crippen molar-refractivity contribution in [1.82, 2.24) is 0 Å². The molecule has 0 spiro atoms. The van der Waals surface area contributed by atoms with Gasteiger partial charge >= 0.3 is 5.97 Å². The van der Waals surface area contributed by atoms with Gasteiger partial charge in [-0.05, 0) is 18.8 Å². The summed E-state index contributed by atoms with van der Waals surface area (Å²) in [5.74, 6) is -2.88. The first kappa shape index (κ1) is 17.5. The molecule has 0 radical (unpaired) electrons. The third-order valence-electron chi connectivity index (χ3n) is 4.03. The minimum absolute atomic E-state index is 0.150. The molecule has 1 aliphatic carbocycles. The van der Waals surface area contributed by atoms with E-state index in [1.807, 2.05) is 0 Å². The Balaban J connectivity index is 3.06. The fraction of sp³-hybridized carbons (Fsp3) is 0.750. The van der Waals surface area contributed by atoms with Gasteiger partial charge in [0.15, 0.2) is 5.78 Å². The molecule has 1 unspecified atom stereocenters. The Morgan fingerprint density at radius 3 is 2.52 bits per heavy atom. The summed E-state index contributed by atoms with van der Waals surface area (Å²) in [7, 11) is 1.26. The Kier molecular flexibility index (Phi) is 5.81. The Hall–Kier alpha value is -1.52. The van der Waals surface area contributed by atoms with E-state index < -0.39 is 23.2 Å². The Bertz CT molecular complexity index is 465. The molecule has 2 atom stereocenters. The number of esters is 1. The molecule has 1 saturated carbocycles. The lowest BCUT2D eigenvalue weighted by molar-refractivity contribution is -0.159. The molecule has 5 nitrogen and oxygen atoms in total. The first-order valence-electron chi connectivity index (χ1n) is 7.41. The average molecular weight is 295 g/mol. The van der Waals surface area contributed by atoms with Gasteiger partial charge in [-0.1, -0.05) is 27.2 Å². The van der Waals surface area contributed by atoms with Crippen LogP contribution >= 0.6 is 0 Å². The number of aliphatic imine (C=N–C) groups is 1. The monoisotopic (exact) mass is 295 g/mol. The van der Waals surface area contributed by atoms with Crippen molar-refractivity contribution in [2.24, 2.45) is 22.2 Å². The molecule has 0 aromatic heterocycles. The molecule has 0 amide bonds. The second kappa shape index (κ2) is 6.96. The van der Waals surface area contributed by atoms with Gasteiger partial charge in [0.25, 0.3) is 0 Å². The van der Waals surface area contributed by atoms with E-state index in [0.717, 1.165) is 12.8 Å². The summed E-state index contributed by atoms with van der Waals surface area (Å²) in [5.41, 5.74) is -0.190. The maximum absolute atomic E-state index is 12.6. The molecular formula is C16H25NO4. The number of ether oxygens (including phenoxy) is 1. The molecule has 1 fully saturated rings. The van der Waals surface area contributed by atoms with Crippen LogP contribution in [0.3, 0.4) is 0 Å². The summed E-state index contributed by atoms with van der Waals surface area (Å²) in [6.45, 7) is 7.86. The number of carbonyl (C=O) groups is 3. The third-order valence-corrected chi connectivity index (χ3v) is 4.03. The lowest BCUT2D eigenvalue weighted by atomic mass is 9.63. The molecule has 0 N–H and O–H groups in total. The minimum Gasteiger partial charge on any atom is -0.468 e. The zero-order valence-corrected chi connectivity index (χ0v) is 13.6. The molecule has 0 bridgehead atoms. The number of carbonyl (C=O) groups excluding carboxylic acids is 3. The van der Waals surface area contributed by atoms with Crippen molar-refractivity contribution >= 4 is 23.2 Å². The van der Waals surface area contributed by atoms with Crippen LogP contribution < -0.4 is 0 Å². The van der Waals surface area contributed by atoms with E-state index in [0.29, 0.717) is 12.3 Å². The van der Waals surface area contributed by atoms with Crippen LogP contribution in [0.25, 0.3) is 0 Å². The van der Waals surface area contributed by atoms with Crippen LogP contribution in [-0.2, 0) is 19.1 Å². The van der Waals surface area contributed by atoms with Crippen LogP contribution in [0.1, 0.15) is 47.0 Å². The molecule has 0 aliphatic heterocycles. The van der Waals surface area contributed by atoms with Crippen molar-refractivity contribution in [3.05, 3.63) is 0 Å². The normalized spacial score (nSPS) is 25.9. The van der Waals surface area contributed by atoms with Crippen molar-refractivity contribution in [3.8, 4) is 0 Å². The molecular weight excluding hydrogens is 270 g/mol. The summed E-state index contributed by atoms with van der Waals surface area (Å²) in [6.07, 6.45) is 2.10. The Morgan fingerprint density at radius 2 is 2.00 bits per heavy atom. The minimum atomic E-state index is -0.901. The maximum Gasteiger partial charge on any atom is 0.316 e. The standard InChI is InChI=1S/C16H25NO4/c1-6-7-8-17-10(2)12-11(18)9-16(3,4)13(14(12)19)15(20)21-5/h12-13H,6-9H2,1-5H3/t12?,13-/m0/s1. The second-order valence-corrected chi connectivity index (χ2v) is 6.30. The van der Waals surface area contributed by atoms with E-state index >= 15 is 0 Å². The average Bonchev–Trinajstić information content (AvgIpc) is 2.36. The lowest BCUT2D eigenvalue weighted by Gasteiger charge is -2.38. The van der Waals surface area contributed by atoms with Crippen LogP contribution in [0.4, 0.5) is 0 Å². The molecule has 1 rings (SSSR count). The van der Waals surface area contributed by atoms with E-state index in [4.69, 9.17) is 4.74 Å². The van der Waals surface area contributed by atoms with E-state index in [1.165, 1.54) is 7.11 Å². The Morgan fingerprint density at radius 1 is 1.38 bits per heavy atom. The van der Waals surface area contributed by atoms with Gasteiger partial charge in [-0.25, -0.2) is 0 Å². The fourth-order valence-electron chi connectivity index (χ4n) is 2.86. The van der Waals surface area contributed by atoms with Crippen LogP contribution in [0.5, 0.6) is 0 Å². The summed E-state index contributed by atoms with van der Waals surface area (Å²) >= 11 is 0. The molecule has 1 aliphatic rings. The summed E-state index contributed by atoms with van der Waals surface area (Å²) in [6, 6.07) is 0. The third kappa shape index (κ3) is 3.77. The first-order valence-corrected chi connectivity index (χ1v) is 7.41. The second-order valence-electron chi connectivity index (χ2n) is 6.30. The van der Waals surface area contributed by atoms with Gasteiger partial charge in [0.05, 0.1) is 7.11 Å². The van der Waals surface area contributed by atoms with E-state index in [-0.39, 0.29) is 18.0 Å². The number of rotatable bonds is 5. The zero-order valence-electron chi connectivity index (χ0n) is 13.6. The summed E-state index contributed by atoms with van der Waals surface area (Å²) in [4.78, 5) is 41.2. The highest BCUT2D eigenvalue weighted by Crippen LogP contribution is 2.40. The lowest BCUT2D eigenvalue weighted by Crippen LogP contribution is -2.51. The SMILES string of the molecule is CCCCN=C(C)C1C(=O)CC(C)(C)[C@H](C(=O)OC)C1=O. The van der Waals surface area contributed by atoms with Gasteiger partial charge in [0.1, 0.15) is 17.6 Å². The van der Waals surface area contributed by atoms with Gasteiger partial charge in [-0.3, -0.25) is 19.4 Å². The van der Waals surface area contributed by atoms with Gasteiger partial charge in [0.2, 0.25) is 0 Å². The zero-order chi connectivity index (χ0) is 16.2. The van der Waals surface area contributed by atoms with Crippen LogP contribution in [0.15, 0.2) is 4.99 Å². The maximum atomic E-state index is 12.6. The predicted molar refractivity (Wildman–Crippen MR) is 80.3 cm³/mol. The van der Waals surface area contributed by atoms with E-state index in [1.54, 1.807) is 20.8 Å². The van der Waals surface area contributed by atoms with Crippen LogP contribution in [0.2, 0.25) is 0 Å². The fourth-order valence-corrected chi connectivity index (χ4v) is 2.86. The first-order chi connectivity index (χ1) is 9.76. The van der Waals surface area contributed by atoms with Crippen LogP contribution in [-0.4, -0.2) is 36.9 Å². The van der Waals surface area contributed by atoms with Gasteiger partial charge < -0.3 is 4.74 Å². The molecule has 118 valence electrons. The Labute approximate surface area is 126 Å². The number of Topliss-reactive ketones (excluding diaryl/α,β-unsaturated/α-hetero) is 2. The molecule has 0 saturated heterocycles. The van der Waals surface area contributed by atoms with Crippen molar-refractivity contribution in [2.45, 2.75) is 47.0 Å². The number of nitrogens with zero attached hydrogens (tertiary/aromatic N) is 1. The largest absolute Gasteiger partial charge is 0.468 e. The topological polar surface area (TPSA) is 72.8 Å². The number of methoxy groups -OCH3 is 1. The molecule has 0 heterocycles. The van der Waals surface area contributed by atoms with Crippen LogP contribution in [0, 0.1) is 17.3 Å². The highest BCUT2D eigenvalue weighted by Gasteiger charge is 2.52. The smallest absolute Gasteiger partial charge is 0.316 e. The molecule has 0 aromatic rings. The quantitative estimate of drug-likeness (QED) is 0.337. The number of ketones is 2. The number of unbranched alkanes of at least 4 members (excludes halogenated alkanes) is 1. The van der Waals surface area contributed by atoms with Crippen molar-refractivity contribution in [1.29, 1.82) is 0 Å². The summed E-state index contributed by atoms with van der Waals surface area (Å²) < 4.78 is 4.75. The molecule has 0 aromatic carbocycles. The summed E-state index contributed by atoms with van der Waals surface area (Å²) in [5, 5.41) is 0. The van der Waals surface area contributed by atoms with Gasteiger partial charge in [-0.2, -0.15) is 0 Å². The van der Waals surface area contributed by atoms with Crippen molar-refractivity contribution in [3.63, 3.8) is 0 Å². The highest BCUT2D eigenvalue weighted by molar-refractivity contribution is 6.25. The highest BCUT2D eigenvalue weighted by atomic mass is 16.5. The van der Waals surface area contributed by atoms with Crippen molar-refractivity contribution in [2.75, 3.05) is 13.7 Å². The van der Waals surface area contributed by atoms with E-state index in [2.05, 4.69) is 11.9 Å².